The highest BCUT2D eigenvalue weighted by Crippen LogP contribution is 2.26. The molecule has 0 aliphatic rings. The van der Waals surface area contributed by atoms with Crippen LogP contribution in [0.1, 0.15) is 11.4 Å². The van der Waals surface area contributed by atoms with E-state index in [2.05, 4.69) is 4.98 Å². The van der Waals surface area contributed by atoms with Crippen LogP contribution in [0.5, 0.6) is 0 Å². The molecule has 0 aromatic carbocycles. The molecule has 0 atom stereocenters. The van der Waals surface area contributed by atoms with Crippen LogP contribution in [0.15, 0.2) is 12.1 Å². The molecule has 19 heavy (non-hydrogen) atoms. The number of nitrogens with zero attached hydrogens (tertiary/aromatic N) is 2. The summed E-state index contributed by atoms with van der Waals surface area (Å²) in [5, 5.41) is 10.5. The summed E-state index contributed by atoms with van der Waals surface area (Å²) in [4.78, 5) is 12.5. The van der Waals surface area contributed by atoms with Gasteiger partial charge in [-0.2, -0.15) is 26.3 Å². The van der Waals surface area contributed by atoms with Gasteiger partial charge in [0.2, 0.25) is 0 Å². The van der Waals surface area contributed by atoms with Gasteiger partial charge in [-0.1, -0.05) is 0 Å². The maximum atomic E-state index is 12.1. The van der Waals surface area contributed by atoms with E-state index >= 15 is 0 Å². The third kappa shape index (κ3) is 5.53. The summed E-state index contributed by atoms with van der Waals surface area (Å²) in [6.07, 6.45) is -12.7. The Kier molecular flexibility index (Phi) is 4.01. The van der Waals surface area contributed by atoms with Crippen LogP contribution in [-0.4, -0.2) is 22.3 Å². The van der Waals surface area contributed by atoms with Crippen LogP contribution in [0.4, 0.5) is 32.0 Å². The fourth-order valence-electron chi connectivity index (χ4n) is 1.33. The van der Waals surface area contributed by atoms with Gasteiger partial charge < -0.3 is 0 Å². The Morgan fingerprint density at radius 1 is 1.00 bits per heavy atom. The number of halogens is 6. The van der Waals surface area contributed by atoms with Crippen molar-refractivity contribution in [1.29, 1.82) is 0 Å². The van der Waals surface area contributed by atoms with E-state index in [0.717, 1.165) is 0 Å². The van der Waals surface area contributed by atoms with Gasteiger partial charge in [0.25, 0.3) is 5.69 Å². The third-order valence-corrected chi connectivity index (χ3v) is 1.89. The highest BCUT2D eigenvalue weighted by Gasteiger charge is 2.32. The van der Waals surface area contributed by atoms with E-state index in [-0.39, 0.29) is 0 Å². The molecule has 4 nitrogen and oxygen atoms in total. The molecule has 0 saturated heterocycles. The molecule has 0 spiro atoms. The summed E-state index contributed by atoms with van der Waals surface area (Å²) in [6.45, 7) is 0. The summed E-state index contributed by atoms with van der Waals surface area (Å²) < 4.78 is 72.7. The fraction of sp³-hybridized carbons (Fsp3) is 0.444. The number of rotatable bonds is 3. The van der Waals surface area contributed by atoms with Crippen molar-refractivity contribution >= 4 is 5.69 Å². The minimum atomic E-state index is -4.71. The topological polar surface area (TPSA) is 56.0 Å². The molecule has 0 aliphatic heterocycles. The van der Waals surface area contributed by atoms with E-state index in [1.165, 1.54) is 0 Å². The van der Waals surface area contributed by atoms with Crippen LogP contribution in [0.25, 0.3) is 0 Å². The van der Waals surface area contributed by atoms with Gasteiger partial charge in [0.1, 0.15) is 0 Å². The van der Waals surface area contributed by atoms with Crippen molar-refractivity contribution < 1.29 is 31.3 Å². The molecule has 0 bridgehead atoms. The average Bonchev–Trinajstić information content (AvgIpc) is 2.10. The first-order valence-electron chi connectivity index (χ1n) is 4.74. The van der Waals surface area contributed by atoms with Crippen LogP contribution in [0.3, 0.4) is 0 Å². The molecule has 10 heteroatoms. The van der Waals surface area contributed by atoms with Crippen molar-refractivity contribution in [3.63, 3.8) is 0 Å². The lowest BCUT2D eigenvalue weighted by Crippen LogP contribution is -2.16. The van der Waals surface area contributed by atoms with Crippen LogP contribution in [0, 0.1) is 10.1 Å². The van der Waals surface area contributed by atoms with E-state index in [1.807, 2.05) is 0 Å². The quantitative estimate of drug-likeness (QED) is 0.487. The normalized spacial score (nSPS) is 12.5. The van der Waals surface area contributed by atoms with E-state index in [9.17, 15) is 36.5 Å². The number of hydrogen-bond acceptors (Lipinski definition) is 3. The predicted molar refractivity (Wildman–Crippen MR) is 50.4 cm³/mol. The summed E-state index contributed by atoms with van der Waals surface area (Å²) in [6, 6.07) is 1.01. The lowest BCUT2D eigenvalue weighted by atomic mass is 10.2. The van der Waals surface area contributed by atoms with Crippen molar-refractivity contribution in [3.05, 3.63) is 33.6 Å². The standard InChI is InChI=1S/C9H6F6N2O2/c10-8(11,12)3-5-1-7(17(18)19)2-6(16-5)4-9(13,14)15/h1-2H,3-4H2. The zero-order valence-corrected chi connectivity index (χ0v) is 9.05. The first-order chi connectivity index (χ1) is 8.46. The number of nitro groups is 1. The molecule has 106 valence electrons. The molecule has 1 rings (SSSR count). The Morgan fingerprint density at radius 3 is 1.63 bits per heavy atom. The number of alkyl halides is 6. The maximum Gasteiger partial charge on any atom is 0.394 e. The SMILES string of the molecule is O=[N+]([O-])c1cc(CC(F)(F)F)nc(CC(F)(F)F)c1. The number of hydrogen-bond donors (Lipinski definition) is 0. The Bertz CT molecular complexity index is 448. The molecule has 0 amide bonds. The second kappa shape index (κ2) is 5.02. The van der Waals surface area contributed by atoms with Crippen LogP contribution < -0.4 is 0 Å². The highest BCUT2D eigenvalue weighted by molar-refractivity contribution is 5.34. The summed E-state index contributed by atoms with van der Waals surface area (Å²) in [5.41, 5.74) is -2.49. The second-order valence-corrected chi connectivity index (χ2v) is 3.65. The minimum Gasteiger partial charge on any atom is -0.258 e. The van der Waals surface area contributed by atoms with E-state index in [1.54, 1.807) is 0 Å². The van der Waals surface area contributed by atoms with Crippen molar-refractivity contribution in [2.75, 3.05) is 0 Å². The zero-order chi connectivity index (χ0) is 14.8. The molecule has 1 heterocycles. The highest BCUT2D eigenvalue weighted by atomic mass is 19.4. The average molecular weight is 288 g/mol. The lowest BCUT2D eigenvalue weighted by molar-refractivity contribution is -0.385. The summed E-state index contributed by atoms with van der Waals surface area (Å²) in [5.74, 6) is 0. The molecule has 0 fully saturated rings. The first kappa shape index (κ1) is 15.2. The van der Waals surface area contributed by atoms with Gasteiger partial charge >= 0.3 is 12.4 Å². The van der Waals surface area contributed by atoms with Crippen LogP contribution in [0.2, 0.25) is 0 Å². The Labute approximate surface area is 102 Å². The molecule has 0 saturated carbocycles. The summed E-state index contributed by atoms with van der Waals surface area (Å²) >= 11 is 0. The Hall–Kier alpha value is -1.87. The first-order valence-corrected chi connectivity index (χ1v) is 4.74. The molecule has 0 radical (unpaired) electrons. The van der Waals surface area contributed by atoms with Gasteiger partial charge in [0.15, 0.2) is 0 Å². The van der Waals surface area contributed by atoms with Crippen LogP contribution in [-0.2, 0) is 12.8 Å². The van der Waals surface area contributed by atoms with Gasteiger partial charge in [-0.15, -0.1) is 0 Å². The molecule has 0 aliphatic carbocycles. The molecular weight excluding hydrogens is 282 g/mol. The summed E-state index contributed by atoms with van der Waals surface area (Å²) in [7, 11) is 0. The smallest absolute Gasteiger partial charge is 0.258 e. The second-order valence-electron chi connectivity index (χ2n) is 3.65. The van der Waals surface area contributed by atoms with E-state index in [0.29, 0.717) is 12.1 Å². The Balaban J connectivity index is 3.14. The molecule has 0 N–H and O–H groups in total. The maximum absolute atomic E-state index is 12.1. The van der Waals surface area contributed by atoms with Gasteiger partial charge in [0, 0.05) is 12.1 Å². The minimum absolute atomic E-state index is 0.507. The van der Waals surface area contributed by atoms with Crippen molar-refractivity contribution in [2.24, 2.45) is 0 Å². The Morgan fingerprint density at radius 2 is 1.37 bits per heavy atom. The molecule has 0 unspecified atom stereocenters. The molecule has 1 aromatic heterocycles. The lowest BCUT2D eigenvalue weighted by Gasteiger charge is -2.09. The monoisotopic (exact) mass is 288 g/mol. The van der Waals surface area contributed by atoms with Crippen molar-refractivity contribution in [2.45, 2.75) is 25.2 Å². The predicted octanol–water partition coefficient (Wildman–Crippen LogP) is 3.20. The number of pyridine rings is 1. The number of aromatic nitrogens is 1. The zero-order valence-electron chi connectivity index (χ0n) is 9.05. The molecule has 1 aromatic rings. The fourth-order valence-corrected chi connectivity index (χ4v) is 1.33. The van der Waals surface area contributed by atoms with Gasteiger partial charge in [-0.25, -0.2) is 0 Å². The van der Waals surface area contributed by atoms with E-state index < -0.39 is 47.2 Å². The van der Waals surface area contributed by atoms with Crippen molar-refractivity contribution in [3.8, 4) is 0 Å². The van der Waals surface area contributed by atoms with Crippen LogP contribution >= 0.6 is 0 Å². The van der Waals surface area contributed by atoms with Gasteiger partial charge in [-0.05, 0) is 0 Å². The molecular formula is C9H6F6N2O2. The van der Waals surface area contributed by atoms with Crippen molar-refractivity contribution in [1.82, 2.24) is 4.98 Å². The van der Waals surface area contributed by atoms with Gasteiger partial charge in [0.05, 0.1) is 29.2 Å². The third-order valence-electron chi connectivity index (χ3n) is 1.89. The largest absolute Gasteiger partial charge is 0.394 e. The van der Waals surface area contributed by atoms with Gasteiger partial charge in [-0.3, -0.25) is 15.1 Å². The van der Waals surface area contributed by atoms with E-state index in [4.69, 9.17) is 0 Å².